The van der Waals surface area contributed by atoms with Crippen molar-refractivity contribution in [2.24, 2.45) is 0 Å². The van der Waals surface area contributed by atoms with Crippen LogP contribution in [-0.4, -0.2) is 57.5 Å². The van der Waals surface area contributed by atoms with E-state index in [9.17, 15) is 5.11 Å². The number of anilines is 2. The van der Waals surface area contributed by atoms with Crippen molar-refractivity contribution in [2.75, 3.05) is 52.4 Å². The Morgan fingerprint density at radius 1 is 1.27 bits per heavy atom. The average Bonchev–Trinajstić information content (AvgIpc) is 2.52. The maximum absolute atomic E-state index is 10.3. The van der Waals surface area contributed by atoms with Crippen molar-refractivity contribution < 1.29 is 9.84 Å². The minimum absolute atomic E-state index is 0.248. The topological polar surface area (TPSA) is 68.8 Å². The zero-order chi connectivity index (χ0) is 16.3. The summed E-state index contributed by atoms with van der Waals surface area (Å²) in [5.74, 6) is 1.07. The van der Waals surface area contributed by atoms with Crippen LogP contribution in [0.25, 0.3) is 0 Å². The molecule has 0 radical (unpaired) electrons. The van der Waals surface area contributed by atoms with Gasteiger partial charge in [-0.3, -0.25) is 5.32 Å². The summed E-state index contributed by atoms with van der Waals surface area (Å²) in [5, 5.41) is 19.8. The maximum atomic E-state index is 10.3. The quantitative estimate of drug-likeness (QED) is 0.600. The Hall–Kier alpha value is -1.66. The van der Waals surface area contributed by atoms with Gasteiger partial charge in [-0.15, -0.1) is 0 Å². The molecule has 0 aromatic heterocycles. The molecule has 0 amide bonds. The van der Waals surface area contributed by atoms with E-state index < -0.39 is 0 Å². The van der Waals surface area contributed by atoms with E-state index in [2.05, 4.69) is 34.9 Å². The summed E-state index contributed by atoms with van der Waals surface area (Å²) in [5.41, 5.74) is 2.10. The number of nitrogens with zero attached hydrogens (tertiary/aromatic N) is 1. The number of phenols is 1. The van der Waals surface area contributed by atoms with Gasteiger partial charge in [-0.1, -0.05) is 0 Å². The maximum Gasteiger partial charge on any atom is 0.162 e. The van der Waals surface area contributed by atoms with Crippen molar-refractivity contribution in [1.82, 2.24) is 10.2 Å². The molecule has 1 heterocycles. The highest BCUT2D eigenvalue weighted by Crippen LogP contribution is 2.45. The molecule has 0 saturated heterocycles. The van der Waals surface area contributed by atoms with Crippen molar-refractivity contribution in [2.45, 2.75) is 25.0 Å². The SMILES string of the molecule is CNc1cc2c(c(NC)c1O)CCC(CCN(C)C)(NC)O2. The molecule has 0 spiro atoms. The van der Waals surface area contributed by atoms with E-state index in [-0.39, 0.29) is 11.5 Å². The van der Waals surface area contributed by atoms with Crippen LogP contribution in [0.2, 0.25) is 0 Å². The highest BCUT2D eigenvalue weighted by molar-refractivity contribution is 5.77. The molecule has 1 aromatic carbocycles. The number of benzene rings is 1. The van der Waals surface area contributed by atoms with Gasteiger partial charge in [0.2, 0.25) is 0 Å². The van der Waals surface area contributed by atoms with Crippen LogP contribution >= 0.6 is 0 Å². The Balaban J connectivity index is 2.36. The third kappa shape index (κ3) is 3.08. The van der Waals surface area contributed by atoms with Crippen molar-refractivity contribution in [3.8, 4) is 11.5 Å². The molecule has 6 nitrogen and oxygen atoms in total. The van der Waals surface area contributed by atoms with Crippen LogP contribution in [0.4, 0.5) is 11.4 Å². The molecule has 1 aliphatic heterocycles. The van der Waals surface area contributed by atoms with E-state index >= 15 is 0 Å². The van der Waals surface area contributed by atoms with Gasteiger partial charge in [-0.25, -0.2) is 0 Å². The minimum Gasteiger partial charge on any atom is -0.504 e. The third-order valence-corrected chi connectivity index (χ3v) is 4.39. The first-order valence-electron chi connectivity index (χ1n) is 7.73. The lowest BCUT2D eigenvalue weighted by molar-refractivity contribution is 0.00601. The molecule has 0 saturated carbocycles. The number of ether oxygens (including phenoxy) is 1. The van der Waals surface area contributed by atoms with Gasteiger partial charge < -0.3 is 25.4 Å². The molecule has 1 aromatic rings. The summed E-state index contributed by atoms with van der Waals surface area (Å²) >= 11 is 0. The first kappa shape index (κ1) is 16.7. The number of rotatable bonds is 6. The fourth-order valence-electron chi connectivity index (χ4n) is 2.96. The summed E-state index contributed by atoms with van der Waals surface area (Å²) < 4.78 is 6.33. The van der Waals surface area contributed by atoms with Gasteiger partial charge in [0.15, 0.2) is 11.5 Å². The van der Waals surface area contributed by atoms with Gasteiger partial charge >= 0.3 is 0 Å². The number of fused-ring (bicyclic) bond motifs is 1. The molecule has 0 bridgehead atoms. The fraction of sp³-hybridized carbons (Fsp3) is 0.625. The highest BCUT2D eigenvalue weighted by Gasteiger charge is 2.36. The van der Waals surface area contributed by atoms with Gasteiger partial charge in [0.1, 0.15) is 5.75 Å². The monoisotopic (exact) mass is 308 g/mol. The molecule has 4 N–H and O–H groups in total. The molecule has 0 fully saturated rings. The second-order valence-electron chi connectivity index (χ2n) is 6.02. The Kier molecular flexibility index (Phi) is 5.03. The van der Waals surface area contributed by atoms with Gasteiger partial charge in [-0.05, 0) is 27.6 Å². The number of phenolic OH excluding ortho intramolecular Hbond substituents is 1. The first-order chi connectivity index (χ1) is 10.5. The van der Waals surface area contributed by atoms with Crippen LogP contribution in [0.3, 0.4) is 0 Å². The Labute approximate surface area is 132 Å². The van der Waals surface area contributed by atoms with Crippen molar-refractivity contribution in [3.63, 3.8) is 0 Å². The van der Waals surface area contributed by atoms with Gasteiger partial charge in [-0.2, -0.15) is 0 Å². The van der Waals surface area contributed by atoms with E-state index in [1.807, 2.05) is 20.2 Å². The average molecular weight is 308 g/mol. The summed E-state index contributed by atoms with van der Waals surface area (Å²) in [4.78, 5) is 2.16. The summed E-state index contributed by atoms with van der Waals surface area (Å²) in [6, 6.07) is 1.88. The smallest absolute Gasteiger partial charge is 0.162 e. The van der Waals surface area contributed by atoms with Crippen molar-refractivity contribution in [1.29, 1.82) is 0 Å². The molecular formula is C16H28N4O2. The molecular weight excluding hydrogens is 280 g/mol. The number of nitrogens with one attached hydrogen (secondary N) is 3. The zero-order valence-corrected chi connectivity index (χ0v) is 14.2. The van der Waals surface area contributed by atoms with Crippen LogP contribution in [0.5, 0.6) is 11.5 Å². The lowest BCUT2D eigenvalue weighted by Gasteiger charge is -2.40. The number of hydrogen-bond donors (Lipinski definition) is 4. The summed E-state index contributed by atoms with van der Waals surface area (Å²) in [6.07, 6.45) is 2.63. The molecule has 6 heteroatoms. The molecule has 22 heavy (non-hydrogen) atoms. The Morgan fingerprint density at radius 2 is 2.00 bits per heavy atom. The predicted molar refractivity (Wildman–Crippen MR) is 91.1 cm³/mol. The first-order valence-corrected chi connectivity index (χ1v) is 7.73. The van der Waals surface area contributed by atoms with Gasteiger partial charge in [0.05, 0.1) is 11.4 Å². The van der Waals surface area contributed by atoms with Gasteiger partial charge in [0.25, 0.3) is 0 Å². The van der Waals surface area contributed by atoms with Crippen LogP contribution in [0.15, 0.2) is 6.07 Å². The third-order valence-electron chi connectivity index (χ3n) is 4.39. The lowest BCUT2D eigenvalue weighted by Crippen LogP contribution is -2.52. The van der Waals surface area contributed by atoms with E-state index in [0.29, 0.717) is 5.69 Å². The molecule has 2 rings (SSSR count). The number of hydrogen-bond acceptors (Lipinski definition) is 6. The van der Waals surface area contributed by atoms with E-state index in [0.717, 1.165) is 42.8 Å². The Morgan fingerprint density at radius 3 is 2.55 bits per heavy atom. The molecule has 124 valence electrons. The molecule has 1 aliphatic rings. The zero-order valence-electron chi connectivity index (χ0n) is 14.2. The normalized spacial score (nSPS) is 20.5. The largest absolute Gasteiger partial charge is 0.504 e. The van der Waals surface area contributed by atoms with Crippen LogP contribution in [-0.2, 0) is 6.42 Å². The number of aromatic hydroxyl groups is 1. The lowest BCUT2D eigenvalue weighted by atomic mass is 9.93. The van der Waals surface area contributed by atoms with E-state index in [4.69, 9.17) is 4.74 Å². The Bertz CT molecular complexity index is 533. The van der Waals surface area contributed by atoms with E-state index in [1.165, 1.54) is 0 Å². The summed E-state index contributed by atoms with van der Waals surface area (Å²) in [7, 11) is 9.69. The highest BCUT2D eigenvalue weighted by atomic mass is 16.5. The molecule has 1 unspecified atom stereocenters. The second kappa shape index (κ2) is 6.62. The van der Waals surface area contributed by atoms with Crippen molar-refractivity contribution in [3.05, 3.63) is 11.6 Å². The molecule has 1 atom stereocenters. The predicted octanol–water partition coefficient (Wildman–Crippen LogP) is 1.67. The van der Waals surface area contributed by atoms with Crippen LogP contribution in [0, 0.1) is 0 Å². The van der Waals surface area contributed by atoms with Gasteiger partial charge in [0, 0.05) is 45.1 Å². The fourth-order valence-corrected chi connectivity index (χ4v) is 2.96. The summed E-state index contributed by atoms with van der Waals surface area (Å²) in [6.45, 7) is 0.950. The standard InChI is InChI=1S/C16H28N4O2/c1-17-12-10-13-11(14(18-2)15(12)21)6-7-16(19-3,22-13)8-9-20(4)5/h10,17-19,21H,6-9H2,1-5H3. The minimum atomic E-state index is -0.357. The second-order valence-corrected chi connectivity index (χ2v) is 6.02. The van der Waals surface area contributed by atoms with E-state index in [1.54, 1.807) is 7.05 Å². The molecule has 0 aliphatic carbocycles. The van der Waals surface area contributed by atoms with Crippen LogP contribution < -0.4 is 20.7 Å². The van der Waals surface area contributed by atoms with Crippen molar-refractivity contribution >= 4 is 11.4 Å². The van der Waals surface area contributed by atoms with Crippen LogP contribution in [0.1, 0.15) is 18.4 Å².